The van der Waals surface area contributed by atoms with Crippen LogP contribution in [-0.4, -0.2) is 87.0 Å². The Hall–Kier alpha value is -4.57. The summed E-state index contributed by atoms with van der Waals surface area (Å²) in [5.41, 5.74) is 1.66. The highest BCUT2D eigenvalue weighted by Gasteiger charge is 2.49. The molecule has 0 aromatic heterocycles. The van der Waals surface area contributed by atoms with Crippen LogP contribution in [0.4, 0.5) is 14.5 Å². The van der Waals surface area contributed by atoms with E-state index in [4.69, 9.17) is 14.9 Å². The van der Waals surface area contributed by atoms with Crippen LogP contribution in [0.2, 0.25) is 0 Å². The number of benzene rings is 3. The van der Waals surface area contributed by atoms with Gasteiger partial charge in [0.15, 0.2) is 6.61 Å². The lowest BCUT2D eigenvalue weighted by atomic mass is 9.92. The van der Waals surface area contributed by atoms with E-state index in [1.807, 2.05) is 5.32 Å². The van der Waals surface area contributed by atoms with Gasteiger partial charge in [-0.05, 0) is 59.7 Å². The lowest BCUT2D eigenvalue weighted by Gasteiger charge is -2.47. The normalized spacial score (nSPS) is 17.8. The molecule has 46 heavy (non-hydrogen) atoms. The van der Waals surface area contributed by atoms with Crippen molar-refractivity contribution in [2.24, 2.45) is 0 Å². The summed E-state index contributed by atoms with van der Waals surface area (Å²) in [6.45, 7) is -2.29. The van der Waals surface area contributed by atoms with Crippen LogP contribution in [-0.2, 0) is 19.2 Å². The summed E-state index contributed by atoms with van der Waals surface area (Å²) < 4.78 is 32.4. The first-order chi connectivity index (χ1) is 22.0. The molecule has 0 radical (unpaired) electrons. The second-order valence-corrected chi connectivity index (χ2v) is 11.4. The van der Waals surface area contributed by atoms with Crippen molar-refractivity contribution in [3.8, 4) is 5.75 Å². The first kappa shape index (κ1) is 34.3. The first-order valence-electron chi connectivity index (χ1n) is 13.9. The first-order valence-corrected chi connectivity index (χ1v) is 15.0. The fourth-order valence-electron chi connectivity index (χ4n) is 4.61. The van der Waals surface area contributed by atoms with Crippen LogP contribution in [0.3, 0.4) is 0 Å². The Balaban J connectivity index is 1.41. The number of nitrogens with zero attached hydrogens (tertiary/aromatic N) is 1. The number of rotatable bonds is 15. The molecule has 3 amide bonds. The van der Waals surface area contributed by atoms with Crippen LogP contribution in [0.25, 0.3) is 0 Å². The van der Waals surface area contributed by atoms with E-state index >= 15 is 0 Å². The molecule has 0 saturated carbocycles. The smallest absolute Gasteiger partial charge is 0.328 e. The number of hydrogen-bond donors (Lipinski definition) is 6. The highest BCUT2D eigenvalue weighted by atomic mass is 32.2. The number of ether oxygens (including phenoxy) is 1. The summed E-state index contributed by atoms with van der Waals surface area (Å²) in [5.74, 6) is -4.05. The van der Waals surface area contributed by atoms with E-state index in [-0.39, 0.29) is 17.4 Å². The molecule has 1 unspecified atom stereocenters. The average Bonchev–Trinajstić information content (AvgIpc) is 3.05. The van der Waals surface area contributed by atoms with Gasteiger partial charge in [-0.3, -0.25) is 14.4 Å². The van der Waals surface area contributed by atoms with Gasteiger partial charge in [-0.2, -0.15) is 0 Å². The monoisotopic (exact) mass is 659 g/mol. The number of aliphatic hydroxyl groups excluding tert-OH is 3. The molecule has 0 spiro atoms. The van der Waals surface area contributed by atoms with Crippen molar-refractivity contribution < 1.29 is 53.1 Å². The van der Waals surface area contributed by atoms with Crippen LogP contribution in [0.5, 0.6) is 5.75 Å². The number of nitrogens with one attached hydrogen (secondary N) is 2. The molecule has 1 saturated heterocycles. The van der Waals surface area contributed by atoms with Gasteiger partial charge in [-0.1, -0.05) is 24.3 Å². The van der Waals surface area contributed by atoms with E-state index in [2.05, 4.69) is 5.32 Å². The Bertz CT molecular complexity index is 1530. The van der Waals surface area contributed by atoms with Crippen molar-refractivity contribution in [1.29, 1.82) is 0 Å². The van der Waals surface area contributed by atoms with E-state index in [0.29, 0.717) is 16.8 Å². The fourth-order valence-corrected chi connectivity index (χ4v) is 5.91. The molecule has 1 aliphatic heterocycles. The third kappa shape index (κ3) is 8.37. The molecular weight excluding hydrogens is 628 g/mol. The van der Waals surface area contributed by atoms with E-state index in [0.717, 1.165) is 0 Å². The second-order valence-electron chi connectivity index (χ2n) is 10.2. The Morgan fingerprint density at radius 3 is 2.02 bits per heavy atom. The lowest BCUT2D eigenvalue weighted by molar-refractivity contribution is -0.143. The van der Waals surface area contributed by atoms with Crippen LogP contribution < -0.4 is 20.3 Å². The van der Waals surface area contributed by atoms with Crippen molar-refractivity contribution in [2.75, 3.05) is 30.5 Å². The number of aliphatic carboxylic acids is 1. The van der Waals surface area contributed by atoms with Crippen molar-refractivity contribution >= 4 is 41.1 Å². The number of carbonyl (C=O) groups excluding carboxylic acids is 3. The Morgan fingerprint density at radius 1 is 0.870 bits per heavy atom. The maximum atomic E-state index is 13.6. The molecule has 244 valence electrons. The van der Waals surface area contributed by atoms with Gasteiger partial charge >= 0.3 is 5.97 Å². The Labute approximate surface area is 266 Å². The number of carboxylic acids is 1. The number of β-lactam (4-membered cyclic amide) rings is 1. The number of carbonyl (C=O) groups is 4. The Kier molecular flexibility index (Phi) is 11.7. The minimum atomic E-state index is -1.61. The molecule has 0 aliphatic carbocycles. The maximum Gasteiger partial charge on any atom is 0.328 e. The standard InChI is InChI=1S/C31H31F2N3O9S/c32-19-5-1-17(2-6-19)25(39)16-46-28-27(36(30(28)42)21-9-7-20(33)8-10-21)18-3-11-22(12-4-18)45-15-26(40)34-23(13-37)29(41)35-24(14-38)31(43)44/h1-12,23-25,27-28,37-39H,13-16H2,(H,34,40)(H,35,41)(H,43,44)/t23-,24-,25?,27-,28-/m1/s1. The molecule has 3 aromatic rings. The number of thioether (sulfide) groups is 1. The van der Waals surface area contributed by atoms with E-state index in [1.165, 1.54) is 65.2 Å². The molecule has 0 bridgehead atoms. The van der Waals surface area contributed by atoms with Crippen molar-refractivity contribution in [1.82, 2.24) is 10.6 Å². The van der Waals surface area contributed by atoms with E-state index in [9.17, 15) is 38.2 Å². The number of amides is 3. The van der Waals surface area contributed by atoms with Gasteiger partial charge in [-0.25, -0.2) is 13.6 Å². The molecule has 1 aliphatic rings. The minimum Gasteiger partial charge on any atom is -0.484 e. The zero-order valence-electron chi connectivity index (χ0n) is 24.1. The average molecular weight is 660 g/mol. The summed E-state index contributed by atoms with van der Waals surface area (Å²) in [4.78, 5) is 50.3. The number of hydrogen-bond acceptors (Lipinski definition) is 9. The highest BCUT2D eigenvalue weighted by molar-refractivity contribution is 8.00. The molecule has 1 heterocycles. The predicted octanol–water partition coefficient (Wildman–Crippen LogP) is 1.31. The SMILES string of the molecule is O=C(COc1ccc([C@@H]2[C@@H](SCC(O)c3ccc(F)cc3)C(=O)N2c2ccc(F)cc2)cc1)N[C@H](CO)C(=O)N[C@H](CO)C(=O)O. The number of aliphatic hydroxyl groups is 3. The summed E-state index contributed by atoms with van der Waals surface area (Å²) in [5, 5.41) is 41.7. The van der Waals surface area contributed by atoms with Crippen LogP contribution >= 0.6 is 11.8 Å². The maximum absolute atomic E-state index is 13.6. The summed E-state index contributed by atoms with van der Waals surface area (Å²) in [7, 11) is 0. The van der Waals surface area contributed by atoms with Gasteiger partial charge in [0.2, 0.25) is 11.8 Å². The zero-order valence-corrected chi connectivity index (χ0v) is 24.9. The van der Waals surface area contributed by atoms with Gasteiger partial charge in [0, 0.05) is 11.4 Å². The molecule has 3 aromatic carbocycles. The number of anilines is 1. The molecular formula is C31H31F2N3O9S. The number of carboxylic acid groups (broad SMARTS) is 1. The number of halogens is 2. The second kappa shape index (κ2) is 15.6. The highest BCUT2D eigenvalue weighted by Crippen LogP contribution is 2.46. The van der Waals surface area contributed by atoms with Gasteiger partial charge in [0.25, 0.3) is 5.91 Å². The molecule has 15 heteroatoms. The van der Waals surface area contributed by atoms with Crippen molar-refractivity contribution in [2.45, 2.75) is 29.5 Å². The third-order valence-corrected chi connectivity index (χ3v) is 8.39. The van der Waals surface area contributed by atoms with Crippen LogP contribution in [0.15, 0.2) is 72.8 Å². The Morgan fingerprint density at radius 2 is 1.46 bits per heavy atom. The van der Waals surface area contributed by atoms with E-state index in [1.54, 1.807) is 24.3 Å². The topological polar surface area (TPSA) is 186 Å². The van der Waals surface area contributed by atoms with Crippen molar-refractivity contribution in [3.05, 3.63) is 95.6 Å². The van der Waals surface area contributed by atoms with Gasteiger partial charge in [-0.15, -0.1) is 11.8 Å². The molecule has 12 nitrogen and oxygen atoms in total. The third-order valence-electron chi connectivity index (χ3n) is 7.06. The van der Waals surface area contributed by atoms with Gasteiger partial charge in [0.05, 0.1) is 25.4 Å². The summed E-state index contributed by atoms with van der Waals surface area (Å²) >= 11 is 1.23. The molecule has 5 atom stereocenters. The molecule has 4 rings (SSSR count). The van der Waals surface area contributed by atoms with E-state index < -0.39 is 78.7 Å². The lowest BCUT2D eigenvalue weighted by Crippen LogP contribution is -2.57. The van der Waals surface area contributed by atoms with Gasteiger partial charge < -0.3 is 40.7 Å². The molecule has 6 N–H and O–H groups in total. The summed E-state index contributed by atoms with van der Waals surface area (Å²) in [6.07, 6.45) is -0.953. The largest absolute Gasteiger partial charge is 0.484 e. The van der Waals surface area contributed by atoms with Crippen LogP contribution in [0.1, 0.15) is 23.3 Å². The minimum absolute atomic E-state index is 0.149. The van der Waals surface area contributed by atoms with Gasteiger partial charge in [0.1, 0.15) is 34.7 Å². The fraction of sp³-hybridized carbons (Fsp3) is 0.290. The molecule has 1 fully saturated rings. The quantitative estimate of drug-likeness (QED) is 0.130. The summed E-state index contributed by atoms with van der Waals surface area (Å²) in [6, 6.07) is 13.7. The zero-order chi connectivity index (χ0) is 33.4. The predicted molar refractivity (Wildman–Crippen MR) is 162 cm³/mol. The van der Waals surface area contributed by atoms with Crippen LogP contribution in [0, 0.1) is 11.6 Å². The van der Waals surface area contributed by atoms with Crippen molar-refractivity contribution in [3.63, 3.8) is 0 Å².